The van der Waals surface area contributed by atoms with E-state index in [0.29, 0.717) is 24.6 Å². The highest BCUT2D eigenvalue weighted by Gasteiger charge is 2.29. The summed E-state index contributed by atoms with van der Waals surface area (Å²) in [5, 5.41) is 2.96. The summed E-state index contributed by atoms with van der Waals surface area (Å²) in [6.45, 7) is 6.49. The summed E-state index contributed by atoms with van der Waals surface area (Å²) in [4.78, 5) is 12.3. The number of hydrogen-bond donors (Lipinski definition) is 1. The fourth-order valence-electron chi connectivity index (χ4n) is 2.50. The Balaban J connectivity index is 2.10. The second kappa shape index (κ2) is 6.79. The van der Waals surface area contributed by atoms with Gasteiger partial charge in [-0.2, -0.15) is 4.31 Å². The number of rotatable bonds is 7. The molecule has 5 nitrogen and oxygen atoms in total. The van der Waals surface area contributed by atoms with Gasteiger partial charge in [0.25, 0.3) is 5.91 Å². The second-order valence-corrected chi connectivity index (χ2v) is 7.65. The maximum atomic E-state index is 12.4. The summed E-state index contributed by atoms with van der Waals surface area (Å²) in [7, 11) is -3.47. The van der Waals surface area contributed by atoms with E-state index in [0.717, 1.165) is 0 Å². The fraction of sp³-hybridized carbons (Fsp3) is 0.562. The fourth-order valence-corrected chi connectivity index (χ4v) is 3.95. The molecular formula is C16H24N2O3S. The second-order valence-electron chi connectivity index (χ2n) is 5.71. The van der Waals surface area contributed by atoms with Crippen molar-refractivity contribution in [3.8, 4) is 0 Å². The SMILES string of the molecule is CCN(CC)S(=O)(=O)c1ccc(C(=O)N[C@@H](C)C2CC2)cc1. The van der Waals surface area contributed by atoms with Crippen LogP contribution in [0.5, 0.6) is 0 Å². The molecule has 6 heteroatoms. The van der Waals surface area contributed by atoms with Crippen LogP contribution in [0.2, 0.25) is 0 Å². The Hall–Kier alpha value is -1.40. The molecule has 0 spiro atoms. The molecule has 1 atom stereocenters. The maximum absolute atomic E-state index is 12.4. The lowest BCUT2D eigenvalue weighted by Gasteiger charge is -2.18. The zero-order valence-electron chi connectivity index (χ0n) is 13.4. The quantitative estimate of drug-likeness (QED) is 0.836. The highest BCUT2D eigenvalue weighted by Crippen LogP contribution is 2.32. The Kier molecular flexibility index (Phi) is 5.24. The highest BCUT2D eigenvalue weighted by molar-refractivity contribution is 7.89. The lowest BCUT2D eigenvalue weighted by Crippen LogP contribution is -2.34. The largest absolute Gasteiger partial charge is 0.349 e. The number of nitrogens with one attached hydrogen (secondary N) is 1. The van der Waals surface area contributed by atoms with Crippen LogP contribution in [0.25, 0.3) is 0 Å². The number of carbonyl (C=O) groups is 1. The molecular weight excluding hydrogens is 300 g/mol. The van der Waals surface area contributed by atoms with Gasteiger partial charge in [0, 0.05) is 24.7 Å². The van der Waals surface area contributed by atoms with Crippen LogP contribution in [0.3, 0.4) is 0 Å². The van der Waals surface area contributed by atoms with Gasteiger partial charge in [-0.05, 0) is 49.9 Å². The third-order valence-electron chi connectivity index (χ3n) is 4.15. The summed E-state index contributed by atoms with van der Waals surface area (Å²) in [6.07, 6.45) is 2.34. The molecule has 0 aliphatic heterocycles. The first-order valence-electron chi connectivity index (χ1n) is 7.81. The zero-order chi connectivity index (χ0) is 16.3. The van der Waals surface area contributed by atoms with Crippen molar-refractivity contribution < 1.29 is 13.2 Å². The summed E-state index contributed by atoms with van der Waals surface area (Å²) in [5.74, 6) is 0.442. The molecule has 1 N–H and O–H groups in total. The average molecular weight is 324 g/mol. The molecule has 22 heavy (non-hydrogen) atoms. The lowest BCUT2D eigenvalue weighted by molar-refractivity contribution is 0.0935. The van der Waals surface area contributed by atoms with E-state index >= 15 is 0 Å². The van der Waals surface area contributed by atoms with Crippen LogP contribution in [-0.2, 0) is 10.0 Å². The van der Waals surface area contributed by atoms with E-state index in [-0.39, 0.29) is 16.8 Å². The first-order valence-corrected chi connectivity index (χ1v) is 9.25. The molecule has 1 aromatic rings. The molecule has 0 saturated heterocycles. The Morgan fingerprint density at radius 1 is 1.23 bits per heavy atom. The molecule has 1 amide bonds. The van der Waals surface area contributed by atoms with E-state index in [1.54, 1.807) is 12.1 Å². The number of hydrogen-bond acceptors (Lipinski definition) is 3. The number of benzene rings is 1. The van der Waals surface area contributed by atoms with Gasteiger partial charge >= 0.3 is 0 Å². The minimum absolute atomic E-state index is 0.147. The minimum Gasteiger partial charge on any atom is -0.349 e. The molecule has 1 aliphatic carbocycles. The third kappa shape index (κ3) is 3.67. The summed E-state index contributed by atoms with van der Waals surface area (Å²) in [5.41, 5.74) is 0.492. The molecule has 0 unspecified atom stereocenters. The van der Waals surface area contributed by atoms with Crippen LogP contribution in [0.15, 0.2) is 29.2 Å². The van der Waals surface area contributed by atoms with Gasteiger partial charge < -0.3 is 5.32 Å². The predicted octanol–water partition coefficient (Wildman–Crippen LogP) is 2.25. The van der Waals surface area contributed by atoms with Crippen LogP contribution in [0.1, 0.15) is 44.0 Å². The minimum atomic E-state index is -3.47. The van der Waals surface area contributed by atoms with Crippen molar-refractivity contribution in [2.24, 2.45) is 5.92 Å². The smallest absolute Gasteiger partial charge is 0.251 e. The molecule has 0 bridgehead atoms. The lowest BCUT2D eigenvalue weighted by atomic mass is 10.1. The molecule has 0 heterocycles. The van der Waals surface area contributed by atoms with Gasteiger partial charge in [-0.15, -0.1) is 0 Å². The Morgan fingerprint density at radius 3 is 2.23 bits per heavy atom. The molecule has 0 radical (unpaired) electrons. The van der Waals surface area contributed by atoms with E-state index < -0.39 is 10.0 Å². The van der Waals surface area contributed by atoms with Gasteiger partial charge in [0.05, 0.1) is 4.90 Å². The van der Waals surface area contributed by atoms with Crippen LogP contribution < -0.4 is 5.32 Å². The van der Waals surface area contributed by atoms with Crippen molar-refractivity contribution in [3.05, 3.63) is 29.8 Å². The van der Waals surface area contributed by atoms with Crippen LogP contribution in [-0.4, -0.2) is 37.8 Å². The van der Waals surface area contributed by atoms with Gasteiger partial charge in [0.15, 0.2) is 0 Å². The van der Waals surface area contributed by atoms with E-state index in [2.05, 4.69) is 5.32 Å². The van der Waals surface area contributed by atoms with Crippen LogP contribution in [0.4, 0.5) is 0 Å². The van der Waals surface area contributed by atoms with Gasteiger partial charge in [-0.1, -0.05) is 13.8 Å². The Morgan fingerprint density at radius 2 is 1.77 bits per heavy atom. The standard InChI is InChI=1S/C16H24N2O3S/c1-4-18(5-2)22(20,21)15-10-8-14(9-11-15)16(19)17-12(3)13-6-7-13/h8-13H,4-7H2,1-3H3,(H,17,19)/t12-/m0/s1. The van der Waals surface area contributed by atoms with E-state index in [9.17, 15) is 13.2 Å². The first kappa shape index (κ1) is 17.0. The Bertz CT molecular complexity index is 617. The summed E-state index contributed by atoms with van der Waals surface area (Å²) in [6, 6.07) is 6.33. The van der Waals surface area contributed by atoms with Crippen LogP contribution in [0, 0.1) is 5.92 Å². The highest BCUT2D eigenvalue weighted by atomic mass is 32.2. The van der Waals surface area contributed by atoms with Crippen molar-refractivity contribution in [2.45, 2.75) is 44.6 Å². The topological polar surface area (TPSA) is 66.5 Å². The van der Waals surface area contributed by atoms with Crippen molar-refractivity contribution >= 4 is 15.9 Å². The maximum Gasteiger partial charge on any atom is 0.251 e. The molecule has 1 saturated carbocycles. The van der Waals surface area contributed by atoms with Gasteiger partial charge in [-0.25, -0.2) is 8.42 Å². The van der Waals surface area contributed by atoms with Crippen molar-refractivity contribution in [2.75, 3.05) is 13.1 Å². The monoisotopic (exact) mass is 324 g/mol. The summed E-state index contributed by atoms with van der Waals surface area (Å²) >= 11 is 0. The van der Waals surface area contributed by atoms with Gasteiger partial charge in [0.1, 0.15) is 0 Å². The number of amides is 1. The Labute approximate surface area is 132 Å². The van der Waals surface area contributed by atoms with E-state index in [4.69, 9.17) is 0 Å². The van der Waals surface area contributed by atoms with E-state index in [1.807, 2.05) is 20.8 Å². The molecule has 1 aliphatic rings. The summed E-state index contributed by atoms with van der Waals surface area (Å²) < 4.78 is 26.2. The third-order valence-corrected chi connectivity index (χ3v) is 6.21. The predicted molar refractivity (Wildman–Crippen MR) is 86.2 cm³/mol. The first-order chi connectivity index (χ1) is 10.4. The number of sulfonamides is 1. The van der Waals surface area contributed by atoms with Gasteiger partial charge in [-0.3, -0.25) is 4.79 Å². The molecule has 2 rings (SSSR count). The van der Waals surface area contributed by atoms with E-state index in [1.165, 1.54) is 29.3 Å². The molecule has 1 aromatic carbocycles. The number of carbonyl (C=O) groups excluding carboxylic acids is 1. The number of nitrogens with zero attached hydrogens (tertiary/aromatic N) is 1. The average Bonchev–Trinajstić information content (AvgIpc) is 3.33. The normalized spacial score (nSPS) is 16.5. The van der Waals surface area contributed by atoms with Gasteiger partial charge in [0.2, 0.25) is 10.0 Å². The zero-order valence-corrected chi connectivity index (χ0v) is 14.2. The molecule has 1 fully saturated rings. The van der Waals surface area contributed by atoms with Crippen molar-refractivity contribution in [1.82, 2.24) is 9.62 Å². The molecule has 122 valence electrons. The van der Waals surface area contributed by atoms with Crippen LogP contribution >= 0.6 is 0 Å². The van der Waals surface area contributed by atoms with Crippen molar-refractivity contribution in [1.29, 1.82) is 0 Å². The molecule has 0 aromatic heterocycles. The van der Waals surface area contributed by atoms with Crippen molar-refractivity contribution in [3.63, 3.8) is 0 Å².